The molecule has 1 atom stereocenters. The first-order chi connectivity index (χ1) is 13.7. The molecule has 6 nitrogen and oxygen atoms in total. The Bertz CT molecular complexity index is 1200. The number of nitrogens with one attached hydrogen (secondary N) is 2. The van der Waals surface area contributed by atoms with Crippen LogP contribution in [0.15, 0.2) is 55.0 Å². The number of hydrogen-bond acceptors (Lipinski definition) is 4. The summed E-state index contributed by atoms with van der Waals surface area (Å²) < 4.78 is 2.12. The molecule has 0 spiro atoms. The quantitative estimate of drug-likeness (QED) is 0.578. The van der Waals surface area contributed by atoms with Gasteiger partial charge in [-0.15, -0.1) is 0 Å². The number of hydrogen-bond donors (Lipinski definition) is 2. The van der Waals surface area contributed by atoms with Gasteiger partial charge in [0.25, 0.3) is 0 Å². The molecule has 2 aromatic carbocycles. The van der Waals surface area contributed by atoms with Crippen LogP contribution in [0.3, 0.4) is 0 Å². The standard InChI is InChI=1S/C22H21N5O/c1-27-9-5-14-2-3-15(10-20(14)27)18-11-17(12-19-22(18)25-8-7-23-19)26-16-4-6-24-21(28)13-16/h2-3,5,7-12,16,26H,4,6,13H2,1H3,(H,24,28). The maximum Gasteiger partial charge on any atom is 0.222 e. The summed E-state index contributed by atoms with van der Waals surface area (Å²) in [6.45, 7) is 0.709. The molecule has 0 bridgehead atoms. The average Bonchev–Trinajstić information content (AvgIpc) is 3.08. The molecule has 5 rings (SSSR count). The van der Waals surface area contributed by atoms with Crippen LogP contribution in [-0.4, -0.2) is 33.0 Å². The van der Waals surface area contributed by atoms with Gasteiger partial charge in [-0.25, -0.2) is 0 Å². The fourth-order valence-electron chi connectivity index (χ4n) is 3.95. The van der Waals surface area contributed by atoms with Crippen molar-refractivity contribution in [1.82, 2.24) is 19.9 Å². The van der Waals surface area contributed by atoms with Crippen molar-refractivity contribution in [3.63, 3.8) is 0 Å². The lowest BCUT2D eigenvalue weighted by atomic mass is 10.0. The highest BCUT2D eigenvalue weighted by Gasteiger charge is 2.19. The summed E-state index contributed by atoms with van der Waals surface area (Å²) in [5.74, 6) is 0.0960. The van der Waals surface area contributed by atoms with E-state index < -0.39 is 0 Å². The second-order valence-electron chi connectivity index (χ2n) is 7.33. The molecule has 1 saturated heterocycles. The molecule has 6 heteroatoms. The first kappa shape index (κ1) is 16.7. The molecule has 2 N–H and O–H groups in total. The molecular weight excluding hydrogens is 350 g/mol. The molecule has 140 valence electrons. The summed E-state index contributed by atoms with van der Waals surface area (Å²) in [6, 6.07) is 12.8. The molecule has 1 amide bonds. The lowest BCUT2D eigenvalue weighted by Gasteiger charge is -2.24. The second-order valence-corrected chi connectivity index (χ2v) is 7.33. The van der Waals surface area contributed by atoms with Crippen LogP contribution in [0.4, 0.5) is 5.69 Å². The minimum Gasteiger partial charge on any atom is -0.382 e. The zero-order valence-electron chi connectivity index (χ0n) is 15.6. The van der Waals surface area contributed by atoms with E-state index in [2.05, 4.69) is 68.7 Å². The third-order valence-corrected chi connectivity index (χ3v) is 5.39. The van der Waals surface area contributed by atoms with E-state index in [0.29, 0.717) is 13.0 Å². The summed E-state index contributed by atoms with van der Waals surface area (Å²) in [5, 5.41) is 7.62. The highest BCUT2D eigenvalue weighted by Crippen LogP contribution is 2.32. The third-order valence-electron chi connectivity index (χ3n) is 5.39. The molecular formula is C22H21N5O. The van der Waals surface area contributed by atoms with Gasteiger partial charge in [0.2, 0.25) is 5.91 Å². The van der Waals surface area contributed by atoms with Gasteiger partial charge in [-0.2, -0.15) is 0 Å². The summed E-state index contributed by atoms with van der Waals surface area (Å²) in [7, 11) is 2.05. The fourth-order valence-corrected chi connectivity index (χ4v) is 3.95. The van der Waals surface area contributed by atoms with Gasteiger partial charge in [-0.3, -0.25) is 14.8 Å². The predicted octanol–water partition coefficient (Wildman–Crippen LogP) is 3.48. The number of aromatic nitrogens is 3. The molecule has 28 heavy (non-hydrogen) atoms. The Morgan fingerprint density at radius 1 is 1.14 bits per heavy atom. The zero-order chi connectivity index (χ0) is 19.1. The van der Waals surface area contributed by atoms with Crippen molar-refractivity contribution < 1.29 is 4.79 Å². The Morgan fingerprint density at radius 3 is 2.93 bits per heavy atom. The fraction of sp³-hybridized carbons (Fsp3) is 0.227. The topological polar surface area (TPSA) is 71.8 Å². The van der Waals surface area contributed by atoms with Gasteiger partial charge in [-0.05, 0) is 41.6 Å². The molecule has 0 radical (unpaired) electrons. The normalized spacial score (nSPS) is 17.0. The van der Waals surface area contributed by atoms with Crippen LogP contribution < -0.4 is 10.6 Å². The van der Waals surface area contributed by atoms with Crippen molar-refractivity contribution in [2.24, 2.45) is 7.05 Å². The average molecular weight is 371 g/mol. The minimum atomic E-state index is 0.0960. The highest BCUT2D eigenvalue weighted by molar-refractivity contribution is 5.97. The summed E-state index contributed by atoms with van der Waals surface area (Å²) in [6.07, 6.45) is 6.91. The molecule has 4 aromatic rings. The Kier molecular flexibility index (Phi) is 3.97. The number of fused-ring (bicyclic) bond motifs is 2. The van der Waals surface area contributed by atoms with Crippen LogP contribution in [0.5, 0.6) is 0 Å². The molecule has 1 fully saturated rings. The van der Waals surface area contributed by atoms with Crippen LogP contribution in [0.2, 0.25) is 0 Å². The van der Waals surface area contributed by atoms with E-state index in [1.807, 2.05) is 6.07 Å². The Balaban J connectivity index is 1.61. The van der Waals surface area contributed by atoms with Crippen molar-refractivity contribution in [1.29, 1.82) is 0 Å². The monoisotopic (exact) mass is 371 g/mol. The van der Waals surface area contributed by atoms with Crippen molar-refractivity contribution >= 4 is 33.5 Å². The van der Waals surface area contributed by atoms with E-state index in [4.69, 9.17) is 0 Å². The zero-order valence-corrected chi connectivity index (χ0v) is 15.6. The number of amides is 1. The maximum atomic E-state index is 11.7. The lowest BCUT2D eigenvalue weighted by Crippen LogP contribution is -2.39. The van der Waals surface area contributed by atoms with E-state index >= 15 is 0 Å². The van der Waals surface area contributed by atoms with Gasteiger partial charge >= 0.3 is 0 Å². The number of carbonyl (C=O) groups is 1. The summed E-state index contributed by atoms with van der Waals surface area (Å²) >= 11 is 0. The lowest BCUT2D eigenvalue weighted by molar-refractivity contribution is -0.122. The molecule has 1 aliphatic rings. The van der Waals surface area contributed by atoms with Crippen LogP contribution in [0.1, 0.15) is 12.8 Å². The highest BCUT2D eigenvalue weighted by atomic mass is 16.1. The van der Waals surface area contributed by atoms with Crippen LogP contribution >= 0.6 is 0 Å². The number of benzene rings is 2. The molecule has 0 saturated carbocycles. The Morgan fingerprint density at radius 2 is 2.04 bits per heavy atom. The smallest absolute Gasteiger partial charge is 0.222 e. The van der Waals surface area contributed by atoms with Gasteiger partial charge in [0, 0.05) is 61.4 Å². The van der Waals surface area contributed by atoms with Crippen molar-refractivity contribution in [3.8, 4) is 11.1 Å². The van der Waals surface area contributed by atoms with E-state index in [1.165, 1.54) is 10.9 Å². The largest absolute Gasteiger partial charge is 0.382 e. The number of rotatable bonds is 3. The first-order valence-electron chi connectivity index (χ1n) is 9.51. The van der Waals surface area contributed by atoms with Gasteiger partial charge in [0.15, 0.2) is 0 Å². The minimum absolute atomic E-state index is 0.0960. The number of carbonyl (C=O) groups excluding carboxylic acids is 1. The van der Waals surface area contributed by atoms with Crippen molar-refractivity contribution in [2.45, 2.75) is 18.9 Å². The second kappa shape index (κ2) is 6.64. The van der Waals surface area contributed by atoms with Crippen LogP contribution in [-0.2, 0) is 11.8 Å². The van der Waals surface area contributed by atoms with Crippen LogP contribution in [0.25, 0.3) is 33.1 Å². The van der Waals surface area contributed by atoms with Crippen LogP contribution in [0, 0.1) is 0 Å². The predicted molar refractivity (Wildman–Crippen MR) is 111 cm³/mol. The summed E-state index contributed by atoms with van der Waals surface area (Å²) in [4.78, 5) is 20.8. The van der Waals surface area contributed by atoms with Gasteiger partial charge < -0.3 is 15.2 Å². The number of piperidine rings is 1. The van der Waals surface area contributed by atoms with E-state index in [9.17, 15) is 4.79 Å². The van der Waals surface area contributed by atoms with E-state index in [0.717, 1.165) is 34.3 Å². The van der Waals surface area contributed by atoms with Gasteiger partial charge in [0.05, 0.1) is 11.0 Å². The SMILES string of the molecule is Cn1ccc2ccc(-c3cc(NC4CCNC(=O)C4)cc4nccnc34)cc21. The summed E-state index contributed by atoms with van der Waals surface area (Å²) in [5.41, 5.74) is 6.01. The third kappa shape index (κ3) is 2.97. The number of anilines is 1. The van der Waals surface area contributed by atoms with Crippen molar-refractivity contribution in [3.05, 3.63) is 55.0 Å². The van der Waals surface area contributed by atoms with Gasteiger partial charge in [-0.1, -0.05) is 12.1 Å². The maximum absolute atomic E-state index is 11.7. The Labute approximate surface area is 162 Å². The van der Waals surface area contributed by atoms with Crippen molar-refractivity contribution in [2.75, 3.05) is 11.9 Å². The first-order valence-corrected chi connectivity index (χ1v) is 9.51. The molecule has 3 heterocycles. The molecule has 2 aromatic heterocycles. The molecule has 1 aliphatic heterocycles. The Hall–Kier alpha value is -3.41. The number of nitrogens with zero attached hydrogens (tertiary/aromatic N) is 3. The molecule has 0 aliphatic carbocycles. The molecule has 1 unspecified atom stereocenters. The van der Waals surface area contributed by atoms with E-state index in [-0.39, 0.29) is 11.9 Å². The van der Waals surface area contributed by atoms with E-state index in [1.54, 1.807) is 12.4 Å². The number of aryl methyl sites for hydroxylation is 1. The van der Waals surface area contributed by atoms with Gasteiger partial charge in [0.1, 0.15) is 0 Å².